The van der Waals surface area contributed by atoms with Gasteiger partial charge in [-0.25, -0.2) is 0 Å². The largest absolute Gasteiger partial charge is 0.481 e. The molecule has 0 aliphatic carbocycles. The molecular weight excluding hydrogens is 288 g/mol. The van der Waals surface area contributed by atoms with Gasteiger partial charge in [-0.05, 0) is 41.9 Å². The molecule has 0 spiro atoms. The zero-order chi connectivity index (χ0) is 16.6. The average Bonchev–Trinajstić information content (AvgIpc) is 3.07. The van der Waals surface area contributed by atoms with Gasteiger partial charge in [0, 0.05) is 26.2 Å². The van der Waals surface area contributed by atoms with Gasteiger partial charge in [0.15, 0.2) is 6.10 Å². The standard InChI is InChI=1S/C19H28N2O2/c1-13(18(22)21-11-14-9-20-10-15(14)12-21)23-17-7-5-16(6-8-17)19(2,3)4/h5-8,13-15,20H,9-12H2,1-4H3/t13?,14-,15+. The minimum atomic E-state index is -0.428. The highest BCUT2D eigenvalue weighted by Crippen LogP contribution is 2.28. The molecule has 1 N–H and O–H groups in total. The van der Waals surface area contributed by atoms with E-state index in [1.54, 1.807) is 0 Å². The van der Waals surface area contributed by atoms with Crippen LogP contribution < -0.4 is 10.1 Å². The molecule has 2 fully saturated rings. The van der Waals surface area contributed by atoms with E-state index in [2.05, 4.69) is 38.2 Å². The van der Waals surface area contributed by atoms with Crippen LogP contribution in [0.2, 0.25) is 0 Å². The van der Waals surface area contributed by atoms with Gasteiger partial charge in [-0.1, -0.05) is 32.9 Å². The Kier molecular flexibility index (Phi) is 4.37. The number of carbonyl (C=O) groups excluding carboxylic acids is 1. The minimum Gasteiger partial charge on any atom is -0.481 e. The Morgan fingerprint density at radius 3 is 2.26 bits per heavy atom. The Bertz CT molecular complexity index is 550. The summed E-state index contributed by atoms with van der Waals surface area (Å²) < 4.78 is 5.87. The molecule has 3 atom stereocenters. The molecule has 1 unspecified atom stereocenters. The van der Waals surface area contributed by atoms with Crippen molar-refractivity contribution in [1.82, 2.24) is 10.2 Å². The number of ether oxygens (including phenoxy) is 1. The van der Waals surface area contributed by atoms with E-state index in [0.717, 1.165) is 31.9 Å². The molecule has 1 aromatic rings. The lowest BCUT2D eigenvalue weighted by Crippen LogP contribution is -2.40. The highest BCUT2D eigenvalue weighted by molar-refractivity contribution is 5.81. The van der Waals surface area contributed by atoms with Crippen LogP contribution in [0.25, 0.3) is 0 Å². The Balaban J connectivity index is 1.58. The van der Waals surface area contributed by atoms with Gasteiger partial charge in [-0.2, -0.15) is 0 Å². The number of rotatable bonds is 3. The molecule has 126 valence electrons. The van der Waals surface area contributed by atoms with Crippen molar-refractivity contribution in [2.75, 3.05) is 26.2 Å². The molecule has 0 saturated carbocycles. The van der Waals surface area contributed by atoms with Gasteiger partial charge in [0.1, 0.15) is 5.75 Å². The Morgan fingerprint density at radius 1 is 1.17 bits per heavy atom. The van der Waals surface area contributed by atoms with Crippen LogP contribution in [-0.2, 0) is 10.2 Å². The molecule has 4 heteroatoms. The number of benzene rings is 1. The molecule has 1 amide bonds. The van der Waals surface area contributed by atoms with Crippen LogP contribution in [0.4, 0.5) is 0 Å². The molecule has 2 aliphatic heterocycles. The second-order valence-corrected chi connectivity index (χ2v) is 7.96. The van der Waals surface area contributed by atoms with E-state index in [0.29, 0.717) is 11.8 Å². The first-order chi connectivity index (χ1) is 10.8. The van der Waals surface area contributed by atoms with Crippen molar-refractivity contribution in [3.63, 3.8) is 0 Å². The fourth-order valence-corrected chi connectivity index (χ4v) is 3.58. The fraction of sp³-hybridized carbons (Fsp3) is 0.632. The Morgan fingerprint density at radius 2 is 1.74 bits per heavy atom. The van der Waals surface area contributed by atoms with Crippen LogP contribution in [0.1, 0.15) is 33.3 Å². The van der Waals surface area contributed by atoms with Gasteiger partial charge in [0.25, 0.3) is 5.91 Å². The van der Waals surface area contributed by atoms with Crippen molar-refractivity contribution in [3.8, 4) is 5.75 Å². The molecular formula is C19H28N2O2. The van der Waals surface area contributed by atoms with Gasteiger partial charge < -0.3 is 15.0 Å². The number of carbonyl (C=O) groups is 1. The van der Waals surface area contributed by atoms with Gasteiger partial charge in [0.2, 0.25) is 0 Å². The zero-order valence-electron chi connectivity index (χ0n) is 14.6. The van der Waals surface area contributed by atoms with Crippen LogP contribution >= 0.6 is 0 Å². The molecule has 3 rings (SSSR count). The van der Waals surface area contributed by atoms with E-state index in [4.69, 9.17) is 4.74 Å². The fourth-order valence-electron chi connectivity index (χ4n) is 3.58. The summed E-state index contributed by atoms with van der Waals surface area (Å²) in [5.41, 5.74) is 1.39. The molecule has 2 saturated heterocycles. The van der Waals surface area contributed by atoms with E-state index < -0.39 is 6.10 Å². The summed E-state index contributed by atoms with van der Waals surface area (Å²) in [6.07, 6.45) is -0.428. The van der Waals surface area contributed by atoms with Crippen molar-refractivity contribution in [2.45, 2.75) is 39.2 Å². The Hall–Kier alpha value is -1.55. The first kappa shape index (κ1) is 16.3. The lowest BCUT2D eigenvalue weighted by molar-refractivity contribution is -0.137. The second kappa shape index (κ2) is 6.16. The lowest BCUT2D eigenvalue weighted by atomic mass is 9.87. The van der Waals surface area contributed by atoms with Crippen LogP contribution in [0.15, 0.2) is 24.3 Å². The van der Waals surface area contributed by atoms with Crippen LogP contribution in [-0.4, -0.2) is 43.1 Å². The van der Waals surface area contributed by atoms with Crippen LogP contribution in [0.3, 0.4) is 0 Å². The maximum atomic E-state index is 12.6. The normalized spacial score (nSPS) is 25.3. The summed E-state index contributed by atoms with van der Waals surface area (Å²) in [6.45, 7) is 12.2. The zero-order valence-corrected chi connectivity index (χ0v) is 14.6. The highest BCUT2D eigenvalue weighted by Gasteiger charge is 2.39. The van der Waals surface area contributed by atoms with E-state index in [1.807, 2.05) is 24.0 Å². The summed E-state index contributed by atoms with van der Waals surface area (Å²) in [6, 6.07) is 8.09. The monoisotopic (exact) mass is 316 g/mol. The summed E-state index contributed by atoms with van der Waals surface area (Å²) in [5, 5.41) is 3.40. The van der Waals surface area contributed by atoms with Crippen LogP contribution in [0.5, 0.6) is 5.75 Å². The van der Waals surface area contributed by atoms with E-state index in [1.165, 1.54) is 5.56 Å². The molecule has 4 nitrogen and oxygen atoms in total. The van der Waals surface area contributed by atoms with Crippen molar-refractivity contribution in [2.24, 2.45) is 11.8 Å². The van der Waals surface area contributed by atoms with Crippen molar-refractivity contribution < 1.29 is 9.53 Å². The molecule has 23 heavy (non-hydrogen) atoms. The SMILES string of the molecule is CC(Oc1ccc(C(C)(C)C)cc1)C(=O)N1C[C@H]2CNC[C@H]2C1. The minimum absolute atomic E-state index is 0.110. The van der Waals surface area contributed by atoms with Crippen molar-refractivity contribution >= 4 is 5.91 Å². The molecule has 0 aromatic heterocycles. The number of hydrogen-bond donors (Lipinski definition) is 1. The molecule has 0 bridgehead atoms. The average molecular weight is 316 g/mol. The Labute approximate surface area is 139 Å². The van der Waals surface area contributed by atoms with E-state index in [9.17, 15) is 4.79 Å². The second-order valence-electron chi connectivity index (χ2n) is 7.96. The summed E-state index contributed by atoms with van der Waals surface area (Å²) >= 11 is 0. The first-order valence-corrected chi connectivity index (χ1v) is 8.61. The molecule has 2 heterocycles. The summed E-state index contributed by atoms with van der Waals surface area (Å²) in [7, 11) is 0. The summed E-state index contributed by atoms with van der Waals surface area (Å²) in [5.74, 6) is 2.12. The lowest BCUT2D eigenvalue weighted by Gasteiger charge is -2.23. The van der Waals surface area contributed by atoms with Gasteiger partial charge >= 0.3 is 0 Å². The number of hydrogen-bond acceptors (Lipinski definition) is 3. The van der Waals surface area contributed by atoms with Gasteiger partial charge in [-0.3, -0.25) is 4.79 Å². The van der Waals surface area contributed by atoms with Crippen molar-refractivity contribution in [1.29, 1.82) is 0 Å². The van der Waals surface area contributed by atoms with E-state index >= 15 is 0 Å². The molecule has 2 aliphatic rings. The van der Waals surface area contributed by atoms with Gasteiger partial charge in [0.05, 0.1) is 0 Å². The number of amides is 1. The van der Waals surface area contributed by atoms with E-state index in [-0.39, 0.29) is 11.3 Å². The quantitative estimate of drug-likeness (QED) is 0.931. The number of fused-ring (bicyclic) bond motifs is 1. The van der Waals surface area contributed by atoms with Crippen molar-refractivity contribution in [3.05, 3.63) is 29.8 Å². The first-order valence-electron chi connectivity index (χ1n) is 8.61. The summed E-state index contributed by atoms with van der Waals surface area (Å²) in [4.78, 5) is 14.6. The smallest absolute Gasteiger partial charge is 0.263 e. The predicted molar refractivity (Wildman–Crippen MR) is 91.7 cm³/mol. The third-order valence-electron chi connectivity index (χ3n) is 5.08. The predicted octanol–water partition coefficient (Wildman–Crippen LogP) is 2.43. The maximum absolute atomic E-state index is 12.6. The molecule has 0 radical (unpaired) electrons. The number of likely N-dealkylation sites (tertiary alicyclic amines) is 1. The number of nitrogens with one attached hydrogen (secondary N) is 1. The third kappa shape index (κ3) is 3.52. The molecule has 1 aromatic carbocycles. The number of nitrogens with zero attached hydrogens (tertiary/aromatic N) is 1. The van der Waals surface area contributed by atoms with Crippen LogP contribution in [0, 0.1) is 11.8 Å². The highest BCUT2D eigenvalue weighted by atomic mass is 16.5. The maximum Gasteiger partial charge on any atom is 0.263 e. The van der Waals surface area contributed by atoms with Gasteiger partial charge in [-0.15, -0.1) is 0 Å². The topological polar surface area (TPSA) is 41.6 Å². The third-order valence-corrected chi connectivity index (χ3v) is 5.08.